The Morgan fingerprint density at radius 1 is 1.19 bits per heavy atom. The zero-order chi connectivity index (χ0) is 14.2. The molecule has 0 amide bonds. The highest BCUT2D eigenvalue weighted by atomic mass is 35.5. The third kappa shape index (κ3) is 2.41. The lowest BCUT2D eigenvalue weighted by Crippen LogP contribution is -2.43. The van der Waals surface area contributed by atoms with Crippen LogP contribution in [0.5, 0.6) is 0 Å². The van der Waals surface area contributed by atoms with Gasteiger partial charge in [-0.15, -0.1) is 11.3 Å². The van der Waals surface area contributed by atoms with Crippen LogP contribution in [0, 0.1) is 0 Å². The van der Waals surface area contributed by atoms with Crippen LogP contribution in [0.3, 0.4) is 0 Å². The Morgan fingerprint density at radius 3 is 2.81 bits per heavy atom. The van der Waals surface area contributed by atoms with E-state index in [4.69, 9.17) is 11.6 Å². The highest BCUT2D eigenvalue weighted by molar-refractivity contribution is 7.19. The molecule has 6 heteroatoms. The normalized spacial score (nSPS) is 15.8. The maximum absolute atomic E-state index is 6.02. The molecule has 0 radical (unpaired) electrons. The molecule has 3 aromatic rings. The predicted molar refractivity (Wildman–Crippen MR) is 88.6 cm³/mol. The molecule has 0 aliphatic carbocycles. The van der Waals surface area contributed by atoms with E-state index in [-0.39, 0.29) is 0 Å². The van der Waals surface area contributed by atoms with Crippen LogP contribution >= 0.6 is 22.9 Å². The molecule has 21 heavy (non-hydrogen) atoms. The van der Waals surface area contributed by atoms with E-state index in [1.165, 1.54) is 5.69 Å². The first kappa shape index (κ1) is 13.1. The first-order valence-corrected chi connectivity index (χ1v) is 8.19. The van der Waals surface area contributed by atoms with Gasteiger partial charge in [-0.25, -0.2) is 4.98 Å². The molecule has 0 bridgehead atoms. The van der Waals surface area contributed by atoms with Gasteiger partial charge in [0.15, 0.2) is 5.82 Å². The molecule has 0 saturated carbocycles. The van der Waals surface area contributed by atoms with Crippen LogP contribution in [0.4, 0.5) is 5.69 Å². The summed E-state index contributed by atoms with van der Waals surface area (Å²) in [7, 11) is 0. The van der Waals surface area contributed by atoms with Crippen molar-refractivity contribution in [1.29, 1.82) is 0 Å². The highest BCUT2D eigenvalue weighted by Gasteiger charge is 2.13. The molecule has 4 heterocycles. The molecule has 4 rings (SSSR count). The quantitative estimate of drug-likeness (QED) is 0.788. The highest BCUT2D eigenvalue weighted by Crippen LogP contribution is 2.31. The average molecular weight is 319 g/mol. The third-order valence-electron chi connectivity index (χ3n) is 3.79. The van der Waals surface area contributed by atoms with E-state index in [1.54, 1.807) is 11.3 Å². The van der Waals surface area contributed by atoms with Crippen LogP contribution < -0.4 is 10.2 Å². The molecule has 0 unspecified atom stereocenters. The first-order chi connectivity index (χ1) is 10.3. The van der Waals surface area contributed by atoms with Gasteiger partial charge in [-0.05, 0) is 24.3 Å². The Kier molecular flexibility index (Phi) is 3.33. The maximum Gasteiger partial charge on any atom is 0.154 e. The summed E-state index contributed by atoms with van der Waals surface area (Å²) in [5, 5.41) is 3.38. The van der Waals surface area contributed by atoms with E-state index < -0.39 is 0 Å². The minimum Gasteiger partial charge on any atom is -0.369 e. The van der Waals surface area contributed by atoms with Gasteiger partial charge >= 0.3 is 0 Å². The Balaban J connectivity index is 1.73. The number of anilines is 1. The molecule has 1 N–H and O–H groups in total. The topological polar surface area (TPSA) is 32.6 Å². The number of imidazole rings is 1. The number of pyridine rings is 1. The van der Waals surface area contributed by atoms with Crippen molar-refractivity contribution in [3.8, 4) is 10.7 Å². The van der Waals surface area contributed by atoms with Crippen molar-refractivity contribution in [2.75, 3.05) is 31.1 Å². The number of nitrogens with one attached hydrogen (secondary N) is 1. The van der Waals surface area contributed by atoms with Crippen molar-refractivity contribution in [3.63, 3.8) is 0 Å². The summed E-state index contributed by atoms with van der Waals surface area (Å²) in [6, 6.07) is 8.31. The fourth-order valence-corrected chi connectivity index (χ4v) is 3.76. The third-order valence-corrected chi connectivity index (χ3v) is 5.02. The van der Waals surface area contributed by atoms with Gasteiger partial charge in [-0.1, -0.05) is 11.6 Å². The molecular weight excluding hydrogens is 304 g/mol. The number of nitrogens with zero attached hydrogens (tertiary/aromatic N) is 3. The Bertz CT molecular complexity index is 773. The minimum absolute atomic E-state index is 0.791. The number of hydrogen-bond acceptors (Lipinski definition) is 4. The number of halogens is 1. The fraction of sp³-hybridized carbons (Fsp3) is 0.267. The summed E-state index contributed by atoms with van der Waals surface area (Å²) >= 11 is 7.58. The Labute approximate surface area is 132 Å². The largest absolute Gasteiger partial charge is 0.369 e. The number of rotatable bonds is 2. The molecular formula is C15H15ClN4S. The first-order valence-electron chi connectivity index (χ1n) is 7.00. The number of fused-ring (bicyclic) bond motifs is 1. The minimum atomic E-state index is 0.791. The van der Waals surface area contributed by atoms with Crippen molar-refractivity contribution < 1.29 is 0 Å². The van der Waals surface area contributed by atoms with Crippen LogP contribution in [0.25, 0.3) is 16.2 Å². The fourth-order valence-electron chi connectivity index (χ4n) is 2.72. The van der Waals surface area contributed by atoms with Crippen LogP contribution in [-0.4, -0.2) is 35.6 Å². The van der Waals surface area contributed by atoms with E-state index in [1.807, 2.05) is 18.3 Å². The maximum atomic E-state index is 6.02. The standard InChI is InChI=1S/C15H15ClN4S/c16-14-2-1-13(21-14)15-18-10-12-9-11(3-6-20(12)15)19-7-4-17-5-8-19/h1-3,6,9-10,17H,4-5,7-8H2. The molecule has 3 aromatic heterocycles. The van der Waals surface area contributed by atoms with Crippen LogP contribution in [-0.2, 0) is 0 Å². The summed E-state index contributed by atoms with van der Waals surface area (Å²) in [5.74, 6) is 0.953. The molecule has 1 fully saturated rings. The Hall–Kier alpha value is -1.56. The van der Waals surface area contributed by atoms with Gasteiger partial charge in [0.05, 0.1) is 20.9 Å². The smallest absolute Gasteiger partial charge is 0.154 e. The number of hydrogen-bond donors (Lipinski definition) is 1. The zero-order valence-electron chi connectivity index (χ0n) is 11.4. The summed E-state index contributed by atoms with van der Waals surface area (Å²) in [6.45, 7) is 4.20. The van der Waals surface area contributed by atoms with Gasteiger partial charge in [0.25, 0.3) is 0 Å². The lowest BCUT2D eigenvalue weighted by molar-refractivity contribution is 0.589. The van der Waals surface area contributed by atoms with Crippen molar-refractivity contribution >= 4 is 34.1 Å². The molecule has 0 spiro atoms. The molecule has 1 aliphatic rings. The Morgan fingerprint density at radius 2 is 2.05 bits per heavy atom. The average Bonchev–Trinajstić information content (AvgIpc) is 3.13. The van der Waals surface area contributed by atoms with E-state index in [0.717, 1.165) is 46.7 Å². The second-order valence-electron chi connectivity index (χ2n) is 5.10. The van der Waals surface area contributed by atoms with E-state index in [2.05, 4.69) is 37.9 Å². The van der Waals surface area contributed by atoms with Crippen LogP contribution in [0.1, 0.15) is 0 Å². The van der Waals surface area contributed by atoms with Gasteiger partial charge in [-0.3, -0.25) is 4.40 Å². The van der Waals surface area contributed by atoms with Gasteiger partial charge in [-0.2, -0.15) is 0 Å². The second kappa shape index (κ2) is 5.33. The number of piperazine rings is 1. The van der Waals surface area contributed by atoms with E-state index >= 15 is 0 Å². The van der Waals surface area contributed by atoms with Crippen molar-refractivity contribution in [2.24, 2.45) is 0 Å². The lowest BCUT2D eigenvalue weighted by atomic mass is 10.3. The van der Waals surface area contributed by atoms with Crippen LogP contribution in [0.2, 0.25) is 4.34 Å². The lowest BCUT2D eigenvalue weighted by Gasteiger charge is -2.29. The van der Waals surface area contributed by atoms with Crippen molar-refractivity contribution in [2.45, 2.75) is 0 Å². The molecule has 0 atom stereocenters. The number of aromatic nitrogens is 2. The predicted octanol–water partition coefficient (Wildman–Crippen LogP) is 3.13. The van der Waals surface area contributed by atoms with Gasteiger partial charge < -0.3 is 10.2 Å². The summed E-state index contributed by atoms with van der Waals surface area (Å²) in [4.78, 5) is 8.05. The van der Waals surface area contributed by atoms with Crippen molar-refractivity contribution in [1.82, 2.24) is 14.7 Å². The van der Waals surface area contributed by atoms with Gasteiger partial charge in [0, 0.05) is 38.1 Å². The second-order valence-corrected chi connectivity index (χ2v) is 6.82. The van der Waals surface area contributed by atoms with Crippen LogP contribution in [0.15, 0.2) is 36.7 Å². The molecule has 1 aliphatic heterocycles. The van der Waals surface area contributed by atoms with E-state index in [0.29, 0.717) is 0 Å². The molecule has 1 saturated heterocycles. The van der Waals surface area contributed by atoms with Crippen molar-refractivity contribution in [3.05, 3.63) is 41.0 Å². The van der Waals surface area contributed by atoms with Gasteiger partial charge in [0.2, 0.25) is 0 Å². The monoisotopic (exact) mass is 318 g/mol. The van der Waals surface area contributed by atoms with Gasteiger partial charge in [0.1, 0.15) is 0 Å². The zero-order valence-corrected chi connectivity index (χ0v) is 13.0. The van der Waals surface area contributed by atoms with E-state index in [9.17, 15) is 0 Å². The SMILES string of the molecule is Clc1ccc(-c2ncc3cc(N4CCNCC4)ccn23)s1. The molecule has 0 aromatic carbocycles. The number of thiophene rings is 1. The summed E-state index contributed by atoms with van der Waals surface area (Å²) < 4.78 is 2.91. The summed E-state index contributed by atoms with van der Waals surface area (Å²) in [5.41, 5.74) is 2.38. The molecule has 4 nitrogen and oxygen atoms in total. The summed E-state index contributed by atoms with van der Waals surface area (Å²) in [6.07, 6.45) is 4.03. The molecule has 108 valence electrons.